The number of pyridine rings is 1. The van der Waals surface area contributed by atoms with Gasteiger partial charge in [0.2, 0.25) is 5.91 Å². The van der Waals surface area contributed by atoms with Gasteiger partial charge in [-0.05, 0) is 60.0 Å². The highest BCUT2D eigenvalue weighted by Crippen LogP contribution is 2.30. The van der Waals surface area contributed by atoms with E-state index in [-0.39, 0.29) is 24.3 Å². The van der Waals surface area contributed by atoms with E-state index in [4.69, 9.17) is 4.74 Å². The molecule has 136 valence electrons. The van der Waals surface area contributed by atoms with Crippen LogP contribution in [0.2, 0.25) is 0 Å². The number of nitrogens with zero attached hydrogens (tertiary/aromatic N) is 2. The molecule has 0 unspecified atom stereocenters. The minimum Gasteiger partial charge on any atom is -0.484 e. The lowest BCUT2D eigenvalue weighted by Crippen LogP contribution is -2.35. The number of halogens is 1. The monoisotopic (exact) mass is 417 g/mol. The van der Waals surface area contributed by atoms with Crippen LogP contribution in [-0.2, 0) is 9.59 Å². The lowest BCUT2D eigenvalue weighted by atomic mass is 10.3. The highest BCUT2D eigenvalue weighted by molar-refractivity contribution is 9.10. The summed E-state index contributed by atoms with van der Waals surface area (Å²) in [6, 6.07) is 10.7. The summed E-state index contributed by atoms with van der Waals surface area (Å²) in [5.41, 5.74) is 0.675. The summed E-state index contributed by atoms with van der Waals surface area (Å²) in [6.45, 7) is 2.27. The number of carbonyl (C=O) groups is 2. The van der Waals surface area contributed by atoms with Crippen LogP contribution >= 0.6 is 15.9 Å². The van der Waals surface area contributed by atoms with Crippen LogP contribution in [0.25, 0.3) is 0 Å². The van der Waals surface area contributed by atoms with Crippen LogP contribution in [0.15, 0.2) is 47.1 Å². The van der Waals surface area contributed by atoms with Crippen LogP contribution in [0.1, 0.15) is 19.8 Å². The van der Waals surface area contributed by atoms with Crippen molar-refractivity contribution in [2.24, 2.45) is 5.92 Å². The summed E-state index contributed by atoms with van der Waals surface area (Å²) < 4.78 is 6.47. The normalized spacial score (nSPS) is 13.2. The number of amides is 2. The molecule has 1 aromatic carbocycles. The number of aromatic nitrogens is 1. The lowest BCUT2D eigenvalue weighted by Gasteiger charge is -2.20. The van der Waals surface area contributed by atoms with Gasteiger partial charge in [-0.1, -0.05) is 6.07 Å². The third kappa shape index (κ3) is 4.82. The van der Waals surface area contributed by atoms with E-state index in [9.17, 15) is 9.59 Å². The van der Waals surface area contributed by atoms with Crippen molar-refractivity contribution in [1.82, 2.24) is 4.98 Å². The van der Waals surface area contributed by atoms with Gasteiger partial charge in [-0.2, -0.15) is 0 Å². The van der Waals surface area contributed by atoms with Gasteiger partial charge in [-0.25, -0.2) is 4.98 Å². The number of carbonyl (C=O) groups excluding carboxylic acids is 2. The quantitative estimate of drug-likeness (QED) is 0.746. The van der Waals surface area contributed by atoms with Crippen LogP contribution in [-0.4, -0.2) is 29.9 Å². The van der Waals surface area contributed by atoms with E-state index in [0.717, 1.165) is 17.3 Å². The van der Waals surface area contributed by atoms with E-state index in [1.165, 1.54) is 0 Å². The minimum absolute atomic E-state index is 0.0386. The molecule has 1 heterocycles. The summed E-state index contributed by atoms with van der Waals surface area (Å²) in [4.78, 5) is 30.1. The van der Waals surface area contributed by atoms with Gasteiger partial charge in [0.1, 0.15) is 11.6 Å². The van der Waals surface area contributed by atoms with Crippen molar-refractivity contribution >= 4 is 39.2 Å². The molecule has 6 nitrogen and oxygen atoms in total. The van der Waals surface area contributed by atoms with Crippen LogP contribution < -0.4 is 15.0 Å². The van der Waals surface area contributed by atoms with Crippen LogP contribution in [0.4, 0.5) is 11.5 Å². The van der Waals surface area contributed by atoms with E-state index in [0.29, 0.717) is 23.8 Å². The maximum Gasteiger partial charge on any atom is 0.266 e. The average molecular weight is 418 g/mol. The molecule has 1 saturated carbocycles. The third-order valence-electron chi connectivity index (χ3n) is 4.02. The first kappa shape index (κ1) is 18.4. The second-order valence-corrected chi connectivity index (χ2v) is 6.97. The highest BCUT2D eigenvalue weighted by atomic mass is 79.9. The smallest absolute Gasteiger partial charge is 0.266 e. The number of hydrogen-bond acceptors (Lipinski definition) is 4. The van der Waals surface area contributed by atoms with E-state index >= 15 is 0 Å². The molecule has 3 rings (SSSR count). The minimum atomic E-state index is -0.185. The Kier molecular flexibility index (Phi) is 5.88. The Hall–Kier alpha value is -2.41. The standard InChI is InChI=1S/C19H20BrN3O3/c1-2-23(17-9-8-14(20)11-21-17)18(24)12-26-16-5-3-4-15(10-16)22-19(25)13-6-7-13/h3-5,8-11,13H,2,6-7,12H2,1H3,(H,22,25). The Morgan fingerprint density at radius 1 is 1.31 bits per heavy atom. The second kappa shape index (κ2) is 8.31. The molecular formula is C19H20BrN3O3. The maximum atomic E-state index is 12.5. The third-order valence-corrected chi connectivity index (χ3v) is 4.49. The molecule has 1 aromatic heterocycles. The zero-order chi connectivity index (χ0) is 18.5. The van der Waals surface area contributed by atoms with Crippen LogP contribution in [0.3, 0.4) is 0 Å². The molecular weight excluding hydrogens is 398 g/mol. The molecule has 0 saturated heterocycles. The number of hydrogen-bond donors (Lipinski definition) is 1. The largest absolute Gasteiger partial charge is 0.484 e. The lowest BCUT2D eigenvalue weighted by molar-refractivity contribution is -0.120. The first-order chi connectivity index (χ1) is 12.6. The molecule has 2 aromatic rings. The number of benzene rings is 1. The predicted molar refractivity (Wildman–Crippen MR) is 103 cm³/mol. The maximum absolute atomic E-state index is 12.5. The summed E-state index contributed by atoms with van der Waals surface area (Å²) in [5, 5.41) is 2.87. The van der Waals surface area contributed by atoms with Crippen molar-refractivity contribution < 1.29 is 14.3 Å². The van der Waals surface area contributed by atoms with E-state index in [2.05, 4.69) is 26.2 Å². The SMILES string of the molecule is CCN(C(=O)COc1cccc(NC(=O)C2CC2)c1)c1ccc(Br)cn1. The molecule has 1 aliphatic carbocycles. The van der Waals surface area contributed by atoms with Gasteiger partial charge in [-0.3, -0.25) is 14.5 Å². The summed E-state index contributed by atoms with van der Waals surface area (Å²) in [7, 11) is 0. The van der Waals surface area contributed by atoms with Gasteiger partial charge in [0.05, 0.1) is 0 Å². The van der Waals surface area contributed by atoms with Gasteiger partial charge in [0.15, 0.2) is 6.61 Å². The number of rotatable bonds is 7. The van der Waals surface area contributed by atoms with E-state index < -0.39 is 0 Å². The summed E-state index contributed by atoms with van der Waals surface area (Å²) in [6.07, 6.45) is 3.55. The van der Waals surface area contributed by atoms with E-state index in [1.54, 1.807) is 41.4 Å². The van der Waals surface area contributed by atoms with Crippen molar-refractivity contribution in [3.05, 3.63) is 47.1 Å². The Bertz CT molecular complexity index is 791. The molecule has 1 aliphatic rings. The highest BCUT2D eigenvalue weighted by Gasteiger charge is 2.29. The molecule has 7 heteroatoms. The first-order valence-electron chi connectivity index (χ1n) is 8.52. The fourth-order valence-electron chi connectivity index (χ4n) is 2.47. The number of nitrogens with one attached hydrogen (secondary N) is 1. The zero-order valence-electron chi connectivity index (χ0n) is 14.4. The van der Waals surface area contributed by atoms with Crippen molar-refractivity contribution in [1.29, 1.82) is 0 Å². The molecule has 0 spiro atoms. The van der Waals surface area contributed by atoms with Gasteiger partial charge in [0.25, 0.3) is 5.91 Å². The molecule has 26 heavy (non-hydrogen) atoms. The van der Waals surface area contributed by atoms with Crippen molar-refractivity contribution in [2.75, 3.05) is 23.4 Å². The Balaban J connectivity index is 1.59. The molecule has 1 fully saturated rings. The van der Waals surface area contributed by atoms with Gasteiger partial charge in [0, 0.05) is 34.9 Å². The number of likely N-dealkylation sites (N-methyl/N-ethyl adjacent to an activating group) is 1. The van der Waals surface area contributed by atoms with Gasteiger partial charge >= 0.3 is 0 Å². The van der Waals surface area contributed by atoms with Gasteiger partial charge in [-0.15, -0.1) is 0 Å². The topological polar surface area (TPSA) is 71.5 Å². The Labute approximate surface area is 160 Å². The molecule has 0 radical (unpaired) electrons. The van der Waals surface area contributed by atoms with Crippen molar-refractivity contribution in [3.63, 3.8) is 0 Å². The van der Waals surface area contributed by atoms with E-state index in [1.807, 2.05) is 13.0 Å². The van der Waals surface area contributed by atoms with Crippen molar-refractivity contribution in [3.8, 4) is 5.75 Å². The number of anilines is 2. The molecule has 0 bridgehead atoms. The summed E-state index contributed by atoms with van der Waals surface area (Å²) >= 11 is 3.33. The molecule has 1 N–H and O–H groups in total. The van der Waals surface area contributed by atoms with Gasteiger partial charge < -0.3 is 10.1 Å². The van der Waals surface area contributed by atoms with Crippen LogP contribution in [0, 0.1) is 5.92 Å². The Morgan fingerprint density at radius 3 is 2.77 bits per heavy atom. The van der Waals surface area contributed by atoms with Crippen molar-refractivity contribution in [2.45, 2.75) is 19.8 Å². The second-order valence-electron chi connectivity index (χ2n) is 6.05. The predicted octanol–water partition coefficient (Wildman–Crippen LogP) is 3.62. The Morgan fingerprint density at radius 2 is 2.12 bits per heavy atom. The molecule has 0 atom stereocenters. The molecule has 0 aliphatic heterocycles. The molecule has 2 amide bonds. The summed E-state index contributed by atoms with van der Waals surface area (Å²) in [5.74, 6) is 1.10. The fraction of sp³-hybridized carbons (Fsp3) is 0.316. The number of ether oxygens (including phenoxy) is 1. The first-order valence-corrected chi connectivity index (χ1v) is 9.31. The fourth-order valence-corrected chi connectivity index (χ4v) is 2.70. The average Bonchev–Trinajstić information content (AvgIpc) is 3.48. The zero-order valence-corrected chi connectivity index (χ0v) is 16.0. The van der Waals surface area contributed by atoms with Crippen LogP contribution in [0.5, 0.6) is 5.75 Å².